The normalized spacial score (nSPS) is 16.4. The molecule has 2 aromatic rings. The summed E-state index contributed by atoms with van der Waals surface area (Å²) in [5.74, 6) is -0.264. The topological polar surface area (TPSA) is 75.7 Å². The van der Waals surface area contributed by atoms with E-state index in [0.717, 1.165) is 10.3 Å². The molecular weight excluding hydrogens is 478 g/mol. The predicted octanol–water partition coefficient (Wildman–Crippen LogP) is 4.46. The Hall–Kier alpha value is -2.54. The van der Waals surface area contributed by atoms with Gasteiger partial charge in [0.15, 0.2) is 0 Å². The lowest BCUT2D eigenvalue weighted by Gasteiger charge is -2.33. The maximum Gasteiger partial charge on any atom is 0.434 e. The molecule has 1 amide bonds. The van der Waals surface area contributed by atoms with Crippen molar-refractivity contribution in [2.75, 3.05) is 19.6 Å². The van der Waals surface area contributed by atoms with Crippen LogP contribution in [0.2, 0.25) is 0 Å². The first-order chi connectivity index (χ1) is 15.3. The fourth-order valence-corrected chi connectivity index (χ4v) is 4.89. The molecule has 2 aromatic carbocycles. The molecule has 1 saturated heterocycles. The number of nitrogens with one attached hydrogen (secondary N) is 1. The number of nitrogens with zero attached hydrogens (tertiary/aromatic N) is 1. The van der Waals surface area contributed by atoms with Crippen LogP contribution in [0.1, 0.15) is 12.8 Å². The highest BCUT2D eigenvalue weighted by molar-refractivity contribution is 7.89. The van der Waals surface area contributed by atoms with Gasteiger partial charge in [-0.05, 0) is 30.2 Å². The molecular formula is C20H20F6N2O4S. The molecule has 0 aromatic heterocycles. The lowest BCUT2D eigenvalue weighted by atomic mass is 9.97. The van der Waals surface area contributed by atoms with Gasteiger partial charge >= 0.3 is 18.4 Å². The smallest absolute Gasteiger partial charge is 0.426 e. The summed E-state index contributed by atoms with van der Waals surface area (Å²) in [7, 11) is -3.87. The third-order valence-electron chi connectivity index (χ3n) is 5.29. The number of carbonyl (C=O) groups is 1. The van der Waals surface area contributed by atoms with E-state index in [1.54, 1.807) is 36.4 Å². The second-order valence-electron chi connectivity index (χ2n) is 7.61. The van der Waals surface area contributed by atoms with Gasteiger partial charge in [0.25, 0.3) is 6.10 Å². The standard InChI is InChI=1S/C20H20F6N2O4S/c21-19(22,23)17(20(24,25)26)32-18(29)28-10-8-13(9-11-28)12-27-33(30,31)16-7-3-5-14-4-1-2-6-15(14)16/h1-7,13,17,27H,8-12H2. The van der Waals surface area contributed by atoms with Crippen molar-refractivity contribution in [3.63, 3.8) is 0 Å². The number of piperidine rings is 1. The van der Waals surface area contributed by atoms with E-state index >= 15 is 0 Å². The third-order valence-corrected chi connectivity index (χ3v) is 6.77. The van der Waals surface area contributed by atoms with Crippen molar-refractivity contribution < 1.29 is 44.3 Å². The minimum absolute atomic E-state index is 0.00215. The summed E-state index contributed by atoms with van der Waals surface area (Å²) in [4.78, 5) is 12.7. The van der Waals surface area contributed by atoms with Crippen LogP contribution in [0.4, 0.5) is 31.1 Å². The van der Waals surface area contributed by atoms with Crippen LogP contribution in [0.15, 0.2) is 47.4 Å². The van der Waals surface area contributed by atoms with Gasteiger partial charge in [-0.25, -0.2) is 17.9 Å². The molecule has 1 N–H and O–H groups in total. The van der Waals surface area contributed by atoms with Gasteiger partial charge in [0.05, 0.1) is 4.90 Å². The molecule has 6 nitrogen and oxygen atoms in total. The molecule has 3 rings (SSSR count). The number of ether oxygens (including phenoxy) is 1. The molecule has 0 bridgehead atoms. The molecule has 1 fully saturated rings. The van der Waals surface area contributed by atoms with Crippen LogP contribution in [-0.2, 0) is 14.8 Å². The molecule has 0 atom stereocenters. The Kier molecular flexibility index (Phi) is 7.13. The molecule has 0 unspecified atom stereocenters. The first kappa shape index (κ1) is 25.1. The summed E-state index contributed by atoms with van der Waals surface area (Å²) in [6.45, 7) is -0.327. The number of halogens is 6. The lowest BCUT2D eigenvalue weighted by Crippen LogP contribution is -2.49. The lowest BCUT2D eigenvalue weighted by molar-refractivity contribution is -0.308. The van der Waals surface area contributed by atoms with E-state index in [9.17, 15) is 39.6 Å². The molecule has 182 valence electrons. The number of amides is 1. The number of fused-ring (bicyclic) bond motifs is 1. The number of sulfonamides is 1. The van der Waals surface area contributed by atoms with E-state index in [2.05, 4.69) is 9.46 Å². The van der Waals surface area contributed by atoms with Crippen molar-refractivity contribution in [3.8, 4) is 0 Å². The van der Waals surface area contributed by atoms with E-state index in [1.807, 2.05) is 0 Å². The van der Waals surface area contributed by atoms with E-state index in [1.165, 1.54) is 6.07 Å². The second kappa shape index (κ2) is 9.37. The van der Waals surface area contributed by atoms with Gasteiger partial charge in [0.1, 0.15) is 0 Å². The molecule has 33 heavy (non-hydrogen) atoms. The van der Waals surface area contributed by atoms with Gasteiger partial charge in [-0.2, -0.15) is 26.3 Å². The van der Waals surface area contributed by atoms with Gasteiger partial charge < -0.3 is 9.64 Å². The van der Waals surface area contributed by atoms with E-state index < -0.39 is 34.6 Å². The summed E-state index contributed by atoms with van der Waals surface area (Å²) in [6, 6.07) is 11.8. The quantitative estimate of drug-likeness (QED) is 0.618. The summed E-state index contributed by atoms with van der Waals surface area (Å²) >= 11 is 0. The SMILES string of the molecule is O=C(OC(C(F)(F)F)C(F)(F)F)N1CCC(CNS(=O)(=O)c2cccc3ccccc23)CC1. The highest BCUT2D eigenvalue weighted by Crippen LogP contribution is 2.36. The fourth-order valence-electron chi connectivity index (χ4n) is 3.55. The number of alkyl halides is 6. The van der Waals surface area contributed by atoms with E-state index in [0.29, 0.717) is 5.39 Å². The van der Waals surface area contributed by atoms with Crippen LogP contribution in [-0.4, -0.2) is 57.5 Å². The minimum Gasteiger partial charge on any atom is -0.426 e. The van der Waals surface area contributed by atoms with Crippen LogP contribution in [0.25, 0.3) is 10.8 Å². The van der Waals surface area contributed by atoms with Crippen molar-refractivity contribution >= 4 is 26.9 Å². The average Bonchev–Trinajstić information content (AvgIpc) is 2.74. The summed E-state index contributed by atoms with van der Waals surface area (Å²) in [5.41, 5.74) is 0. The largest absolute Gasteiger partial charge is 0.434 e. The molecule has 1 aliphatic rings. The zero-order valence-electron chi connectivity index (χ0n) is 17.0. The first-order valence-electron chi connectivity index (χ1n) is 9.85. The highest BCUT2D eigenvalue weighted by atomic mass is 32.2. The Morgan fingerprint density at radius 3 is 2.18 bits per heavy atom. The Balaban J connectivity index is 1.57. The third kappa shape index (κ3) is 6.08. The first-order valence-corrected chi connectivity index (χ1v) is 11.3. The van der Waals surface area contributed by atoms with Gasteiger partial charge in [0.2, 0.25) is 10.0 Å². The molecule has 0 saturated carbocycles. The second-order valence-corrected chi connectivity index (χ2v) is 9.34. The van der Waals surface area contributed by atoms with Crippen LogP contribution >= 0.6 is 0 Å². The summed E-state index contributed by atoms with van der Waals surface area (Å²) in [5, 5.41) is 1.28. The van der Waals surface area contributed by atoms with E-state index in [4.69, 9.17) is 0 Å². The highest BCUT2D eigenvalue weighted by Gasteiger charge is 2.60. The zero-order valence-corrected chi connectivity index (χ0v) is 17.8. The number of carbonyl (C=O) groups excluding carboxylic acids is 1. The zero-order chi connectivity index (χ0) is 24.4. The molecule has 0 aliphatic carbocycles. The van der Waals surface area contributed by atoms with Gasteiger partial charge in [0, 0.05) is 25.0 Å². The maximum atomic E-state index is 12.8. The maximum absolute atomic E-state index is 12.8. The van der Waals surface area contributed by atoms with Crippen LogP contribution in [0.5, 0.6) is 0 Å². The van der Waals surface area contributed by atoms with E-state index in [-0.39, 0.29) is 43.3 Å². The summed E-state index contributed by atoms with van der Waals surface area (Å²) < 4.78 is 107. The van der Waals surface area contributed by atoms with Crippen molar-refractivity contribution in [3.05, 3.63) is 42.5 Å². The van der Waals surface area contributed by atoms with Gasteiger partial charge in [-0.3, -0.25) is 0 Å². The van der Waals surface area contributed by atoms with Gasteiger partial charge in [-0.1, -0.05) is 36.4 Å². The Labute approximate surface area is 185 Å². The Morgan fingerprint density at radius 1 is 1.00 bits per heavy atom. The van der Waals surface area contributed by atoms with Crippen LogP contribution in [0.3, 0.4) is 0 Å². The van der Waals surface area contributed by atoms with Gasteiger partial charge in [-0.15, -0.1) is 0 Å². The average molecular weight is 498 g/mol. The van der Waals surface area contributed by atoms with Crippen molar-refractivity contribution in [2.24, 2.45) is 5.92 Å². The monoisotopic (exact) mass is 498 g/mol. The summed E-state index contributed by atoms with van der Waals surface area (Å²) in [6.07, 6.45) is -17.1. The van der Waals surface area contributed by atoms with Crippen molar-refractivity contribution in [2.45, 2.75) is 36.2 Å². The Morgan fingerprint density at radius 2 is 1.58 bits per heavy atom. The molecule has 1 heterocycles. The van der Waals surface area contributed by atoms with Crippen molar-refractivity contribution in [1.82, 2.24) is 9.62 Å². The molecule has 1 aliphatic heterocycles. The Bertz CT molecular complexity index is 1080. The number of hydrogen-bond acceptors (Lipinski definition) is 4. The number of rotatable bonds is 5. The fraction of sp³-hybridized carbons (Fsp3) is 0.450. The number of hydrogen-bond donors (Lipinski definition) is 1. The number of benzene rings is 2. The molecule has 13 heteroatoms. The molecule has 0 spiro atoms. The molecule has 0 radical (unpaired) electrons. The number of likely N-dealkylation sites (tertiary alicyclic amines) is 1. The van der Waals surface area contributed by atoms with Crippen molar-refractivity contribution in [1.29, 1.82) is 0 Å². The minimum atomic E-state index is -5.79. The predicted molar refractivity (Wildman–Crippen MR) is 106 cm³/mol. The van der Waals surface area contributed by atoms with Crippen LogP contribution in [0, 0.1) is 5.92 Å². The van der Waals surface area contributed by atoms with Crippen LogP contribution < -0.4 is 4.72 Å².